The summed E-state index contributed by atoms with van der Waals surface area (Å²) in [6, 6.07) is 0. The Bertz CT molecular complexity index is 710. The van der Waals surface area contributed by atoms with Crippen molar-refractivity contribution in [3.8, 4) is 0 Å². The summed E-state index contributed by atoms with van der Waals surface area (Å²) >= 11 is 2.49. The molecule has 1 spiro atoms. The Balaban J connectivity index is 1.95. The van der Waals surface area contributed by atoms with E-state index in [-0.39, 0.29) is 22.1 Å². The second-order valence-corrected chi connectivity index (χ2v) is 19.8. The summed E-state index contributed by atoms with van der Waals surface area (Å²) in [6.45, 7) is 23.1. The van der Waals surface area contributed by atoms with E-state index in [9.17, 15) is 4.79 Å². The first-order valence-electron chi connectivity index (χ1n) is 14.2. The predicted octanol–water partition coefficient (Wildman–Crippen LogP) is 8.21. The van der Waals surface area contributed by atoms with Gasteiger partial charge in [-0.2, -0.15) is 0 Å². The minimum Gasteiger partial charge on any atom is -0.465 e. The van der Waals surface area contributed by atoms with Crippen molar-refractivity contribution in [2.24, 2.45) is 11.3 Å². The zero-order chi connectivity index (χ0) is 27.3. The molecule has 2 aliphatic heterocycles. The molecule has 5 nitrogen and oxygen atoms in total. The van der Waals surface area contributed by atoms with Gasteiger partial charge in [-0.15, -0.1) is 0 Å². The van der Waals surface area contributed by atoms with Crippen LogP contribution >= 0.6 is 22.6 Å². The average Bonchev–Trinajstić information content (AvgIpc) is 2.77. The topological polar surface area (TPSA) is 54.0 Å². The van der Waals surface area contributed by atoms with Gasteiger partial charge in [-0.1, -0.05) is 77.1 Å². The first-order chi connectivity index (χ1) is 16.7. The van der Waals surface area contributed by atoms with E-state index in [2.05, 4.69) is 83.2 Å². The number of alkyl halides is 1. The van der Waals surface area contributed by atoms with E-state index in [1.807, 2.05) is 20.8 Å². The van der Waals surface area contributed by atoms with Gasteiger partial charge in [0, 0.05) is 18.9 Å². The summed E-state index contributed by atoms with van der Waals surface area (Å²) in [5.74, 6) is -0.510. The molecule has 7 heteroatoms. The van der Waals surface area contributed by atoms with E-state index in [0.29, 0.717) is 35.6 Å². The summed E-state index contributed by atoms with van der Waals surface area (Å²) in [5, 5.41) is 0. The quantitative estimate of drug-likeness (QED) is 0.0572. The van der Waals surface area contributed by atoms with Crippen LogP contribution in [0.4, 0.5) is 0 Å². The average molecular weight is 637 g/mol. The van der Waals surface area contributed by atoms with Gasteiger partial charge in [-0.3, -0.25) is 4.79 Å². The van der Waals surface area contributed by atoms with Gasteiger partial charge >= 0.3 is 5.97 Å². The van der Waals surface area contributed by atoms with Crippen molar-refractivity contribution in [3.63, 3.8) is 0 Å². The molecule has 2 rings (SSSR count). The van der Waals surface area contributed by atoms with Crippen molar-refractivity contribution in [2.45, 2.75) is 140 Å². The maximum Gasteiger partial charge on any atom is 0.311 e. The van der Waals surface area contributed by atoms with Crippen molar-refractivity contribution in [1.82, 2.24) is 0 Å². The fraction of sp³-hybridized carbons (Fsp3) is 0.897. The molecule has 0 N–H and O–H groups in total. The minimum atomic E-state index is -1.84. The lowest BCUT2D eigenvalue weighted by Gasteiger charge is -2.47. The van der Waals surface area contributed by atoms with Crippen molar-refractivity contribution in [3.05, 3.63) is 12.2 Å². The molecular formula is C29H53IO5Si. The molecule has 0 aromatic rings. The van der Waals surface area contributed by atoms with Crippen molar-refractivity contribution >= 4 is 36.9 Å². The van der Waals surface area contributed by atoms with Gasteiger partial charge < -0.3 is 18.6 Å². The number of esters is 1. The first-order valence-corrected chi connectivity index (χ1v) is 17.5. The van der Waals surface area contributed by atoms with Crippen LogP contribution in [0, 0.1) is 11.3 Å². The Labute approximate surface area is 236 Å². The molecule has 0 amide bonds. The molecule has 0 radical (unpaired) electrons. The van der Waals surface area contributed by atoms with Crippen LogP contribution in [-0.4, -0.2) is 49.4 Å². The number of ether oxygens (including phenoxy) is 3. The van der Waals surface area contributed by atoms with Crippen LogP contribution in [0.2, 0.25) is 16.6 Å². The highest BCUT2D eigenvalue weighted by Gasteiger charge is 2.48. The Morgan fingerprint density at radius 2 is 1.64 bits per heavy atom. The second-order valence-electron chi connectivity index (χ2n) is 12.9. The Morgan fingerprint density at radius 1 is 1.03 bits per heavy atom. The summed E-state index contributed by atoms with van der Waals surface area (Å²) in [5.41, 5.74) is 1.32. The lowest BCUT2D eigenvalue weighted by molar-refractivity contribution is -0.275. The number of halogens is 1. The number of carbonyl (C=O) groups excluding carboxylic acids is 1. The normalized spacial score (nSPS) is 29.5. The van der Waals surface area contributed by atoms with Crippen molar-refractivity contribution in [1.29, 1.82) is 0 Å². The molecule has 2 heterocycles. The van der Waals surface area contributed by atoms with Crippen LogP contribution in [0.25, 0.3) is 0 Å². The summed E-state index contributed by atoms with van der Waals surface area (Å²) in [4.78, 5) is 12.1. The summed E-state index contributed by atoms with van der Waals surface area (Å²) in [6.07, 6.45) is 9.21. The molecule has 0 aliphatic carbocycles. The zero-order valence-electron chi connectivity index (χ0n) is 24.6. The fourth-order valence-corrected chi connectivity index (χ4v) is 12.4. The molecule has 0 saturated carbocycles. The molecule has 0 aromatic heterocycles. The van der Waals surface area contributed by atoms with E-state index in [1.54, 1.807) is 0 Å². The van der Waals surface area contributed by atoms with Gasteiger partial charge in [0.05, 0.1) is 28.2 Å². The van der Waals surface area contributed by atoms with Gasteiger partial charge in [-0.25, -0.2) is 0 Å². The van der Waals surface area contributed by atoms with Gasteiger partial charge in [0.25, 0.3) is 0 Å². The maximum atomic E-state index is 12.1. The number of rotatable bonds is 11. The van der Waals surface area contributed by atoms with Gasteiger partial charge in [-0.05, 0) is 69.2 Å². The monoisotopic (exact) mass is 636 g/mol. The molecule has 36 heavy (non-hydrogen) atoms. The van der Waals surface area contributed by atoms with Crippen LogP contribution in [0.15, 0.2) is 12.2 Å². The highest BCUT2D eigenvalue weighted by molar-refractivity contribution is 14.1. The third-order valence-electron chi connectivity index (χ3n) is 8.06. The Morgan fingerprint density at radius 3 is 2.19 bits per heavy atom. The van der Waals surface area contributed by atoms with Crippen molar-refractivity contribution in [2.75, 3.05) is 13.2 Å². The zero-order valence-corrected chi connectivity index (χ0v) is 27.7. The number of hydrogen-bond donors (Lipinski definition) is 0. The van der Waals surface area contributed by atoms with Crippen LogP contribution in [-0.2, 0) is 23.4 Å². The minimum absolute atomic E-state index is 0.0283. The van der Waals surface area contributed by atoms with Gasteiger partial charge in [0.15, 0.2) is 14.1 Å². The van der Waals surface area contributed by atoms with Crippen LogP contribution < -0.4 is 0 Å². The van der Waals surface area contributed by atoms with E-state index in [1.165, 1.54) is 0 Å². The lowest BCUT2D eigenvalue weighted by Crippen LogP contribution is -2.54. The maximum absolute atomic E-state index is 12.1. The molecule has 5 atom stereocenters. The van der Waals surface area contributed by atoms with Crippen LogP contribution in [0.3, 0.4) is 0 Å². The standard InChI is InChI=1S/C29H53IO5Si/c1-20(2)36(21(3)4,22(5)6)33-18-11-12-25-23(7)15-17-29(35-25)26(30)14-13-24(34-29)16-19-32-27(31)28(8,9)10/h15,17,20-26H,11-14,16,18-19H2,1-10H3/t23-,24-,25+,26+,29+/m0/s1. The number of hydrogen-bond acceptors (Lipinski definition) is 5. The van der Waals surface area contributed by atoms with Crippen LogP contribution in [0.5, 0.6) is 0 Å². The lowest BCUT2D eigenvalue weighted by atomic mass is 9.91. The molecule has 2 aliphatic rings. The van der Waals surface area contributed by atoms with E-state index in [4.69, 9.17) is 18.6 Å². The molecule has 0 bridgehead atoms. The Hall–Kier alpha value is 0.0369. The second kappa shape index (κ2) is 13.4. The smallest absolute Gasteiger partial charge is 0.311 e. The van der Waals surface area contributed by atoms with Crippen molar-refractivity contribution < 1.29 is 23.4 Å². The molecular weight excluding hydrogens is 583 g/mol. The van der Waals surface area contributed by atoms with Gasteiger partial charge in [0.1, 0.15) is 0 Å². The largest absolute Gasteiger partial charge is 0.465 e. The predicted molar refractivity (Wildman–Crippen MR) is 159 cm³/mol. The van der Waals surface area contributed by atoms with E-state index in [0.717, 1.165) is 32.3 Å². The third-order valence-corrected chi connectivity index (χ3v) is 15.7. The highest BCUT2D eigenvalue weighted by Crippen LogP contribution is 2.44. The SMILES string of the molecule is CC(C)[Si](OCCC[C@H]1O[C@@]2(C=C[C@@H]1C)O[C@H](CCOC(=O)C(C)(C)C)CC[C@H]2I)(C(C)C)C(C)C. The first kappa shape index (κ1) is 32.2. The molecule has 0 unspecified atom stereocenters. The van der Waals surface area contributed by atoms with Crippen LogP contribution in [0.1, 0.15) is 101 Å². The summed E-state index contributed by atoms with van der Waals surface area (Å²) in [7, 11) is -1.84. The third kappa shape index (κ3) is 7.79. The molecule has 210 valence electrons. The highest BCUT2D eigenvalue weighted by atomic mass is 127. The van der Waals surface area contributed by atoms with E-state index >= 15 is 0 Å². The van der Waals surface area contributed by atoms with Gasteiger partial charge in [0.2, 0.25) is 0 Å². The Kier molecular flexibility index (Phi) is 12.0. The fourth-order valence-electron chi connectivity index (χ4n) is 6.02. The number of carbonyl (C=O) groups is 1. The molecule has 1 saturated heterocycles. The molecule has 1 fully saturated rings. The molecule has 0 aromatic carbocycles. The van der Waals surface area contributed by atoms with E-state index < -0.39 is 19.5 Å². The summed E-state index contributed by atoms with van der Waals surface area (Å²) < 4.78 is 25.9.